The molecular weight excluding hydrogens is 382 g/mol. The Kier molecular flexibility index (Phi) is 7.21. The standard InChI is InChI=1S/C23H25N3O4/c1-3-24-22(27)21-15-20(30-25-21)16-26(23(28)18-7-5-4-6-8-18)14-13-17-9-11-19(29-2)12-10-17/h4-12,15H,3,13-14,16H2,1-2H3,(H,24,27). The first-order chi connectivity index (χ1) is 14.6. The highest BCUT2D eigenvalue weighted by molar-refractivity contribution is 5.94. The summed E-state index contributed by atoms with van der Waals surface area (Å²) in [7, 11) is 1.63. The molecular formula is C23H25N3O4. The Balaban J connectivity index is 1.75. The monoisotopic (exact) mass is 407 g/mol. The highest BCUT2D eigenvalue weighted by Gasteiger charge is 2.19. The van der Waals surface area contributed by atoms with Crippen molar-refractivity contribution in [3.63, 3.8) is 0 Å². The van der Waals surface area contributed by atoms with Gasteiger partial charge in [0.05, 0.1) is 13.7 Å². The number of amides is 2. The van der Waals surface area contributed by atoms with E-state index in [2.05, 4.69) is 10.5 Å². The van der Waals surface area contributed by atoms with Crippen molar-refractivity contribution in [2.24, 2.45) is 0 Å². The molecule has 0 radical (unpaired) electrons. The zero-order valence-corrected chi connectivity index (χ0v) is 17.1. The summed E-state index contributed by atoms with van der Waals surface area (Å²) in [5.74, 6) is 0.831. The predicted octanol–water partition coefficient (Wildman–Crippen LogP) is 3.32. The summed E-state index contributed by atoms with van der Waals surface area (Å²) >= 11 is 0. The van der Waals surface area contributed by atoms with Crippen LogP contribution in [0.5, 0.6) is 5.75 Å². The van der Waals surface area contributed by atoms with E-state index in [9.17, 15) is 9.59 Å². The van der Waals surface area contributed by atoms with Gasteiger partial charge in [0.2, 0.25) is 0 Å². The minimum atomic E-state index is -0.299. The van der Waals surface area contributed by atoms with Gasteiger partial charge in [0.25, 0.3) is 11.8 Å². The Labute approximate surface area is 175 Å². The Morgan fingerprint density at radius 3 is 2.50 bits per heavy atom. The zero-order valence-electron chi connectivity index (χ0n) is 17.1. The number of methoxy groups -OCH3 is 1. The molecule has 156 valence electrons. The molecule has 0 aliphatic rings. The topological polar surface area (TPSA) is 84.7 Å². The lowest BCUT2D eigenvalue weighted by atomic mass is 10.1. The summed E-state index contributed by atoms with van der Waals surface area (Å²) in [5.41, 5.74) is 1.88. The molecule has 0 saturated carbocycles. The van der Waals surface area contributed by atoms with Crippen LogP contribution in [-0.2, 0) is 13.0 Å². The van der Waals surface area contributed by atoms with Crippen LogP contribution in [0.25, 0.3) is 0 Å². The number of hydrogen-bond acceptors (Lipinski definition) is 5. The maximum absolute atomic E-state index is 13.1. The number of aromatic nitrogens is 1. The van der Waals surface area contributed by atoms with Crippen LogP contribution in [0.2, 0.25) is 0 Å². The van der Waals surface area contributed by atoms with Crippen molar-refractivity contribution >= 4 is 11.8 Å². The molecule has 0 atom stereocenters. The highest BCUT2D eigenvalue weighted by Crippen LogP contribution is 2.15. The van der Waals surface area contributed by atoms with Crippen molar-refractivity contribution in [3.05, 3.63) is 83.2 Å². The Morgan fingerprint density at radius 1 is 1.10 bits per heavy atom. The first-order valence-electron chi connectivity index (χ1n) is 9.81. The Hall–Kier alpha value is -3.61. The molecule has 7 heteroatoms. The number of benzene rings is 2. The summed E-state index contributed by atoms with van der Waals surface area (Å²) in [6.07, 6.45) is 0.667. The number of nitrogens with one attached hydrogen (secondary N) is 1. The van der Waals surface area contributed by atoms with Gasteiger partial charge in [-0.2, -0.15) is 0 Å². The maximum atomic E-state index is 13.1. The lowest BCUT2D eigenvalue weighted by Crippen LogP contribution is -2.32. The lowest BCUT2D eigenvalue weighted by molar-refractivity contribution is 0.0729. The van der Waals surface area contributed by atoms with Crippen LogP contribution in [-0.4, -0.2) is 42.1 Å². The Morgan fingerprint density at radius 2 is 1.83 bits per heavy atom. The summed E-state index contributed by atoms with van der Waals surface area (Å²) in [5, 5.41) is 6.50. The fraction of sp³-hybridized carbons (Fsp3) is 0.261. The van der Waals surface area contributed by atoms with Crippen molar-refractivity contribution in [2.45, 2.75) is 19.9 Å². The van der Waals surface area contributed by atoms with Gasteiger partial charge in [-0.3, -0.25) is 9.59 Å². The summed E-state index contributed by atoms with van der Waals surface area (Å²) in [6.45, 7) is 3.04. The fourth-order valence-corrected chi connectivity index (χ4v) is 3.01. The predicted molar refractivity (Wildman–Crippen MR) is 112 cm³/mol. The van der Waals surface area contributed by atoms with Crippen LogP contribution >= 0.6 is 0 Å². The quantitative estimate of drug-likeness (QED) is 0.588. The molecule has 3 aromatic rings. The molecule has 0 saturated heterocycles. The number of ether oxygens (including phenoxy) is 1. The molecule has 2 amide bonds. The van der Waals surface area contributed by atoms with E-state index in [1.54, 1.807) is 30.2 Å². The molecule has 3 rings (SSSR count). The van der Waals surface area contributed by atoms with E-state index in [4.69, 9.17) is 9.26 Å². The summed E-state index contributed by atoms with van der Waals surface area (Å²) < 4.78 is 10.5. The lowest BCUT2D eigenvalue weighted by Gasteiger charge is -2.21. The molecule has 0 aliphatic heterocycles. The van der Waals surface area contributed by atoms with Gasteiger partial charge >= 0.3 is 0 Å². The number of nitrogens with zero attached hydrogens (tertiary/aromatic N) is 2. The van der Waals surface area contributed by atoms with E-state index < -0.39 is 0 Å². The average molecular weight is 407 g/mol. The zero-order chi connectivity index (χ0) is 21.3. The number of carbonyl (C=O) groups excluding carboxylic acids is 2. The second kappa shape index (κ2) is 10.2. The molecule has 1 aromatic heterocycles. The second-order valence-electron chi connectivity index (χ2n) is 6.73. The van der Waals surface area contributed by atoms with Gasteiger partial charge in [0.1, 0.15) is 5.75 Å². The molecule has 0 aliphatic carbocycles. The normalized spacial score (nSPS) is 10.5. The van der Waals surface area contributed by atoms with E-state index in [1.165, 1.54) is 0 Å². The summed E-state index contributed by atoms with van der Waals surface area (Å²) in [6, 6.07) is 18.4. The summed E-state index contributed by atoms with van der Waals surface area (Å²) in [4.78, 5) is 26.7. The second-order valence-corrected chi connectivity index (χ2v) is 6.73. The minimum Gasteiger partial charge on any atom is -0.497 e. The van der Waals surface area contributed by atoms with Crippen LogP contribution < -0.4 is 10.1 Å². The van der Waals surface area contributed by atoms with Gasteiger partial charge in [-0.05, 0) is 43.2 Å². The van der Waals surface area contributed by atoms with E-state index in [0.29, 0.717) is 30.8 Å². The molecule has 0 unspecified atom stereocenters. The van der Waals surface area contributed by atoms with Crippen molar-refractivity contribution in [2.75, 3.05) is 20.2 Å². The van der Waals surface area contributed by atoms with Crippen LogP contribution in [0.3, 0.4) is 0 Å². The van der Waals surface area contributed by atoms with Crippen LogP contribution in [0, 0.1) is 0 Å². The van der Waals surface area contributed by atoms with Gasteiger partial charge in [0, 0.05) is 24.7 Å². The first-order valence-corrected chi connectivity index (χ1v) is 9.81. The molecule has 0 fully saturated rings. The molecule has 2 aromatic carbocycles. The van der Waals surface area contributed by atoms with Crippen molar-refractivity contribution in [3.8, 4) is 5.75 Å². The molecule has 7 nitrogen and oxygen atoms in total. The highest BCUT2D eigenvalue weighted by atomic mass is 16.5. The number of hydrogen-bond donors (Lipinski definition) is 1. The van der Waals surface area contributed by atoms with Gasteiger partial charge in [-0.25, -0.2) is 0 Å². The van der Waals surface area contributed by atoms with Crippen LogP contribution in [0.4, 0.5) is 0 Å². The third-order valence-corrected chi connectivity index (χ3v) is 4.61. The molecule has 0 spiro atoms. The van der Waals surface area contributed by atoms with E-state index in [-0.39, 0.29) is 24.1 Å². The number of carbonyl (C=O) groups is 2. The van der Waals surface area contributed by atoms with Crippen LogP contribution in [0.15, 0.2) is 65.2 Å². The minimum absolute atomic E-state index is 0.111. The van der Waals surface area contributed by atoms with Gasteiger partial charge < -0.3 is 19.5 Å². The van der Waals surface area contributed by atoms with Crippen molar-refractivity contribution < 1.29 is 18.8 Å². The fourth-order valence-electron chi connectivity index (χ4n) is 3.01. The van der Waals surface area contributed by atoms with Gasteiger partial charge in [-0.1, -0.05) is 35.5 Å². The van der Waals surface area contributed by atoms with E-state index >= 15 is 0 Å². The molecule has 1 heterocycles. The third-order valence-electron chi connectivity index (χ3n) is 4.61. The first kappa shape index (κ1) is 21.1. The van der Waals surface area contributed by atoms with Crippen molar-refractivity contribution in [1.82, 2.24) is 15.4 Å². The van der Waals surface area contributed by atoms with E-state index in [1.807, 2.05) is 49.4 Å². The largest absolute Gasteiger partial charge is 0.497 e. The molecule has 1 N–H and O–H groups in total. The molecule has 0 bridgehead atoms. The van der Waals surface area contributed by atoms with Gasteiger partial charge in [0.15, 0.2) is 11.5 Å². The van der Waals surface area contributed by atoms with Gasteiger partial charge in [-0.15, -0.1) is 0 Å². The smallest absolute Gasteiger partial charge is 0.273 e. The third kappa shape index (κ3) is 5.47. The molecule has 30 heavy (non-hydrogen) atoms. The maximum Gasteiger partial charge on any atom is 0.273 e. The van der Waals surface area contributed by atoms with E-state index in [0.717, 1.165) is 11.3 Å². The number of rotatable bonds is 9. The SMILES string of the molecule is CCNC(=O)c1cc(CN(CCc2ccc(OC)cc2)C(=O)c2ccccc2)on1. The van der Waals surface area contributed by atoms with Crippen LogP contribution in [0.1, 0.15) is 39.1 Å². The Bertz CT molecular complexity index is 968. The van der Waals surface area contributed by atoms with Crippen molar-refractivity contribution in [1.29, 1.82) is 0 Å². The average Bonchev–Trinajstić information content (AvgIpc) is 3.26.